The molecule has 0 fully saturated rings. The van der Waals surface area contributed by atoms with E-state index in [0.29, 0.717) is 39.4 Å². The van der Waals surface area contributed by atoms with Crippen LogP contribution < -0.4 is 10.3 Å². The van der Waals surface area contributed by atoms with Crippen LogP contribution in [0.15, 0.2) is 110 Å². The van der Waals surface area contributed by atoms with Gasteiger partial charge in [-0.25, -0.2) is 9.37 Å². The fraction of sp³-hybridized carbons (Fsp3) is 0.0333. The Morgan fingerprint density at radius 2 is 1.85 bits per heavy atom. The maximum absolute atomic E-state index is 13.9. The number of halogens is 3. The molecular weight excluding hydrogens is 676 g/mol. The Hall–Kier alpha value is -3.83. The highest BCUT2D eigenvalue weighted by Gasteiger charge is 2.16. The van der Waals surface area contributed by atoms with Gasteiger partial charge in [-0.2, -0.15) is 9.78 Å². The van der Waals surface area contributed by atoms with Crippen molar-refractivity contribution in [2.45, 2.75) is 6.61 Å². The summed E-state index contributed by atoms with van der Waals surface area (Å²) in [5, 5.41) is 5.84. The maximum atomic E-state index is 13.9. The molecule has 0 unspecified atom stereocenters. The summed E-state index contributed by atoms with van der Waals surface area (Å²) in [4.78, 5) is 18.2. The molecule has 6 aromatic rings. The zero-order chi connectivity index (χ0) is 26.9. The predicted molar refractivity (Wildman–Crippen MR) is 162 cm³/mol. The molecule has 4 aromatic carbocycles. The monoisotopic (exact) mass is 693 g/mol. The highest BCUT2D eigenvalue weighted by molar-refractivity contribution is 14.1. The third-order valence-corrected chi connectivity index (χ3v) is 7.41. The molecular formula is C30H18BrFIN3O3. The minimum atomic E-state index is -0.312. The first-order valence-electron chi connectivity index (χ1n) is 11.9. The fourth-order valence-corrected chi connectivity index (χ4v) is 5.20. The van der Waals surface area contributed by atoms with Gasteiger partial charge in [0.15, 0.2) is 5.76 Å². The average molecular weight is 694 g/mol. The molecule has 9 heteroatoms. The zero-order valence-electron chi connectivity index (χ0n) is 20.1. The summed E-state index contributed by atoms with van der Waals surface area (Å²) in [6.07, 6.45) is 1.59. The van der Waals surface area contributed by atoms with E-state index in [4.69, 9.17) is 14.1 Å². The van der Waals surface area contributed by atoms with Crippen molar-refractivity contribution in [3.05, 3.63) is 126 Å². The number of aromatic nitrogens is 2. The number of nitrogens with zero attached hydrogens (tertiary/aromatic N) is 3. The van der Waals surface area contributed by atoms with Gasteiger partial charge in [0, 0.05) is 15.4 Å². The second kappa shape index (κ2) is 10.7. The molecule has 0 saturated heterocycles. The van der Waals surface area contributed by atoms with Gasteiger partial charge in [-0.1, -0.05) is 46.3 Å². The lowest BCUT2D eigenvalue weighted by Crippen LogP contribution is -2.20. The van der Waals surface area contributed by atoms with Crippen molar-refractivity contribution in [3.63, 3.8) is 0 Å². The first kappa shape index (κ1) is 25.4. The molecule has 192 valence electrons. The summed E-state index contributed by atoms with van der Waals surface area (Å²) in [5.74, 6) is 1.03. The molecule has 0 aliphatic carbocycles. The number of hydrogen-bond donors (Lipinski definition) is 0. The molecule has 0 spiro atoms. The largest absolute Gasteiger partial charge is 0.488 e. The summed E-state index contributed by atoms with van der Waals surface area (Å²) in [7, 11) is 0. The van der Waals surface area contributed by atoms with Gasteiger partial charge >= 0.3 is 0 Å². The van der Waals surface area contributed by atoms with Crippen LogP contribution in [0.25, 0.3) is 33.5 Å². The van der Waals surface area contributed by atoms with Crippen LogP contribution >= 0.6 is 38.5 Å². The Bertz CT molecular complexity index is 1950. The lowest BCUT2D eigenvalue weighted by atomic mass is 10.2. The molecule has 6 nitrogen and oxygen atoms in total. The molecule has 0 N–H and O–H groups in total. The molecule has 0 aliphatic heterocycles. The molecule has 0 atom stereocenters. The van der Waals surface area contributed by atoms with E-state index in [1.807, 2.05) is 42.5 Å². The third kappa shape index (κ3) is 5.24. The van der Waals surface area contributed by atoms with E-state index in [9.17, 15) is 9.18 Å². The van der Waals surface area contributed by atoms with E-state index >= 15 is 0 Å². The van der Waals surface area contributed by atoms with Crippen molar-refractivity contribution < 1.29 is 13.5 Å². The van der Waals surface area contributed by atoms with Gasteiger partial charge in [-0.15, -0.1) is 0 Å². The van der Waals surface area contributed by atoms with Gasteiger partial charge in [-0.3, -0.25) is 4.79 Å². The average Bonchev–Trinajstić information content (AvgIpc) is 3.36. The van der Waals surface area contributed by atoms with E-state index < -0.39 is 0 Å². The fourth-order valence-electron chi connectivity index (χ4n) is 4.12. The summed E-state index contributed by atoms with van der Waals surface area (Å²) < 4.78 is 28.8. The van der Waals surface area contributed by atoms with Gasteiger partial charge in [0.25, 0.3) is 5.56 Å². The van der Waals surface area contributed by atoms with Crippen molar-refractivity contribution in [3.8, 4) is 17.3 Å². The SMILES string of the molecule is O=c1c2ccccc2nc(-c2cc3cc(Br)ccc3o2)n1N=Cc1ccc(OCc2ccccc2F)c(I)c1. The minimum Gasteiger partial charge on any atom is -0.488 e. The van der Waals surface area contributed by atoms with Gasteiger partial charge in [0.1, 0.15) is 23.8 Å². The van der Waals surface area contributed by atoms with Crippen LogP contribution in [0.5, 0.6) is 5.75 Å². The standard InChI is InChI=1S/C30H18BrFIN3O3/c31-21-10-12-26-20(14-21)15-28(39-26)29-35-25-8-4-2-6-22(25)30(37)36(29)34-16-18-9-11-27(24(33)13-18)38-17-19-5-1-3-7-23(19)32/h1-16H,17H2. The Balaban J connectivity index is 1.36. The zero-order valence-corrected chi connectivity index (χ0v) is 23.9. The summed E-state index contributed by atoms with van der Waals surface area (Å²) in [6.45, 7) is 0.117. The molecule has 0 saturated carbocycles. The van der Waals surface area contributed by atoms with Gasteiger partial charge < -0.3 is 9.15 Å². The quantitative estimate of drug-likeness (QED) is 0.132. The van der Waals surface area contributed by atoms with Crippen molar-refractivity contribution in [2.75, 3.05) is 0 Å². The summed E-state index contributed by atoms with van der Waals surface area (Å²) in [5.41, 5.74) is 2.14. The molecule has 2 aromatic heterocycles. The molecule has 0 radical (unpaired) electrons. The molecule has 2 heterocycles. The van der Waals surface area contributed by atoms with Gasteiger partial charge in [-0.05, 0) is 88.8 Å². The van der Waals surface area contributed by atoms with Crippen LogP contribution in [0.3, 0.4) is 0 Å². The van der Waals surface area contributed by atoms with E-state index in [2.05, 4.69) is 43.6 Å². The predicted octanol–water partition coefficient (Wildman–Crippen LogP) is 7.78. The topological polar surface area (TPSA) is 69.6 Å². The molecule has 0 bridgehead atoms. The third-order valence-electron chi connectivity index (χ3n) is 6.07. The number of rotatable bonds is 6. The van der Waals surface area contributed by atoms with Crippen molar-refractivity contribution >= 4 is 66.6 Å². The van der Waals surface area contributed by atoms with Crippen LogP contribution in [-0.4, -0.2) is 15.9 Å². The Morgan fingerprint density at radius 1 is 1.03 bits per heavy atom. The molecule has 39 heavy (non-hydrogen) atoms. The van der Waals surface area contributed by atoms with Gasteiger partial charge in [0.2, 0.25) is 5.82 Å². The highest BCUT2D eigenvalue weighted by atomic mass is 127. The van der Waals surface area contributed by atoms with E-state index in [1.165, 1.54) is 10.7 Å². The van der Waals surface area contributed by atoms with Crippen LogP contribution in [0.4, 0.5) is 4.39 Å². The lowest BCUT2D eigenvalue weighted by molar-refractivity contribution is 0.297. The van der Waals surface area contributed by atoms with Crippen LogP contribution in [-0.2, 0) is 6.61 Å². The summed E-state index contributed by atoms with van der Waals surface area (Å²) in [6, 6.07) is 26.7. The molecule has 6 rings (SSSR count). The number of ether oxygens (including phenoxy) is 1. The minimum absolute atomic E-state index is 0.117. The maximum Gasteiger partial charge on any atom is 0.282 e. The van der Waals surface area contributed by atoms with Crippen molar-refractivity contribution in [1.82, 2.24) is 9.66 Å². The number of furan rings is 1. The second-order valence-corrected chi connectivity index (χ2v) is 10.8. The molecule has 0 aliphatic rings. The Kier molecular flexibility index (Phi) is 7.01. The number of hydrogen-bond acceptors (Lipinski definition) is 5. The highest BCUT2D eigenvalue weighted by Crippen LogP contribution is 2.29. The Labute approximate surface area is 244 Å². The van der Waals surface area contributed by atoms with Crippen molar-refractivity contribution in [1.29, 1.82) is 0 Å². The number of fused-ring (bicyclic) bond motifs is 2. The smallest absolute Gasteiger partial charge is 0.282 e. The van der Waals surface area contributed by atoms with E-state index in [0.717, 1.165) is 19.0 Å². The molecule has 0 amide bonds. The van der Waals surface area contributed by atoms with Crippen LogP contribution in [0.1, 0.15) is 11.1 Å². The van der Waals surface area contributed by atoms with Crippen molar-refractivity contribution in [2.24, 2.45) is 5.10 Å². The number of benzene rings is 4. The van der Waals surface area contributed by atoms with Crippen LogP contribution in [0.2, 0.25) is 0 Å². The number of para-hydroxylation sites is 1. The van der Waals surface area contributed by atoms with Crippen LogP contribution in [0, 0.1) is 9.39 Å². The lowest BCUT2D eigenvalue weighted by Gasteiger charge is -2.10. The van der Waals surface area contributed by atoms with Gasteiger partial charge in [0.05, 0.1) is 20.7 Å². The summed E-state index contributed by atoms with van der Waals surface area (Å²) >= 11 is 5.64. The first-order valence-corrected chi connectivity index (χ1v) is 13.7. The second-order valence-electron chi connectivity index (χ2n) is 8.68. The normalized spacial score (nSPS) is 11.6. The Morgan fingerprint density at radius 3 is 2.69 bits per heavy atom. The van der Waals surface area contributed by atoms with E-state index in [-0.39, 0.29) is 18.0 Å². The van der Waals surface area contributed by atoms with E-state index in [1.54, 1.807) is 48.7 Å². The first-order chi connectivity index (χ1) is 19.0.